The molecule has 0 radical (unpaired) electrons. The quantitative estimate of drug-likeness (QED) is 0.553. The lowest BCUT2D eigenvalue weighted by molar-refractivity contribution is 0.548. The minimum Gasteiger partial charge on any atom is -0.246 e. The second-order valence-corrected chi connectivity index (χ2v) is 3.14. The van der Waals surface area contributed by atoms with Crippen LogP contribution in [0.3, 0.4) is 0 Å². The summed E-state index contributed by atoms with van der Waals surface area (Å²) in [6.07, 6.45) is 4.80. The molecule has 0 aliphatic heterocycles. The first kappa shape index (κ1) is 8.20. The van der Waals surface area contributed by atoms with Gasteiger partial charge >= 0.3 is 0 Å². The molecule has 0 unspecified atom stereocenters. The van der Waals surface area contributed by atoms with Crippen molar-refractivity contribution in [1.82, 2.24) is 0 Å². The topological polar surface area (TPSA) is 34.1 Å². The summed E-state index contributed by atoms with van der Waals surface area (Å²) < 4.78 is 32.6. The maximum atomic E-state index is 11.9. The molecule has 0 bridgehead atoms. The fraction of sp³-hybridized carbons (Fsp3) is 0.286. The molecule has 0 aromatic heterocycles. The van der Waals surface area contributed by atoms with Gasteiger partial charge in [0, 0.05) is 6.42 Å². The van der Waals surface area contributed by atoms with Gasteiger partial charge < -0.3 is 0 Å². The molecule has 60 valence electrons. The molecule has 0 N–H and O–H groups in total. The molecule has 4 heteroatoms. The Morgan fingerprint density at radius 2 is 2.18 bits per heavy atom. The normalized spacial score (nSPS) is 16.5. The molecular formula is C7H7FO2S. The van der Waals surface area contributed by atoms with Gasteiger partial charge in [-0.2, -0.15) is 8.42 Å². The van der Waals surface area contributed by atoms with Gasteiger partial charge in [-0.15, -0.1) is 0 Å². The van der Waals surface area contributed by atoms with Gasteiger partial charge in [-0.3, -0.25) is 0 Å². The van der Waals surface area contributed by atoms with Crippen LogP contribution in [0.1, 0.15) is 6.42 Å². The van der Waals surface area contributed by atoms with Gasteiger partial charge in [0.1, 0.15) is 6.67 Å². The number of hydrogen-bond acceptors (Lipinski definition) is 2. The molecule has 0 amide bonds. The number of hydrogen-bond donors (Lipinski definition) is 0. The van der Waals surface area contributed by atoms with Crippen molar-refractivity contribution in [3.05, 3.63) is 23.8 Å². The molecule has 1 rings (SSSR count). The molecule has 0 heterocycles. The van der Waals surface area contributed by atoms with Gasteiger partial charge in [-0.1, -0.05) is 12.2 Å². The van der Waals surface area contributed by atoms with Crippen molar-refractivity contribution in [2.24, 2.45) is 0 Å². The molecule has 0 fully saturated rings. The number of halogens is 1. The summed E-state index contributed by atoms with van der Waals surface area (Å²) in [5.41, 5.74) is 0.541. The van der Waals surface area contributed by atoms with Crippen LogP contribution in [0.25, 0.3) is 0 Å². The minimum atomic E-state index is -2.16. The van der Waals surface area contributed by atoms with Gasteiger partial charge in [0.05, 0.1) is 4.86 Å². The summed E-state index contributed by atoms with van der Waals surface area (Å²) in [5, 5.41) is 0. The second kappa shape index (κ2) is 3.48. The first-order valence-corrected chi connectivity index (χ1v) is 4.19. The van der Waals surface area contributed by atoms with Crippen LogP contribution in [0.5, 0.6) is 0 Å². The summed E-state index contributed by atoms with van der Waals surface area (Å²) in [5.74, 6) is 0. The van der Waals surface area contributed by atoms with Crippen LogP contribution in [0.15, 0.2) is 23.8 Å². The SMILES string of the molecule is O=S(=O)=C1C=CC(CF)=CC1. The third kappa shape index (κ3) is 2.01. The monoisotopic (exact) mass is 174 g/mol. The van der Waals surface area contributed by atoms with Crippen LogP contribution in [-0.4, -0.2) is 20.0 Å². The molecule has 1 aliphatic rings. The maximum absolute atomic E-state index is 11.9. The van der Waals surface area contributed by atoms with E-state index in [1.807, 2.05) is 0 Å². The van der Waals surface area contributed by atoms with E-state index in [1.54, 1.807) is 6.08 Å². The van der Waals surface area contributed by atoms with Gasteiger partial charge in [0.2, 0.25) is 10.3 Å². The first-order chi connectivity index (χ1) is 5.24. The van der Waals surface area contributed by atoms with Gasteiger partial charge in [-0.05, 0) is 11.6 Å². The van der Waals surface area contributed by atoms with Gasteiger partial charge in [-0.25, -0.2) is 4.39 Å². The average Bonchev–Trinajstić information content (AvgIpc) is 2.05. The Kier molecular flexibility index (Phi) is 2.59. The summed E-state index contributed by atoms with van der Waals surface area (Å²) >= 11 is 0. The van der Waals surface area contributed by atoms with Crippen molar-refractivity contribution in [3.63, 3.8) is 0 Å². The Morgan fingerprint density at radius 1 is 1.45 bits per heavy atom. The van der Waals surface area contributed by atoms with Crippen LogP contribution >= 0.6 is 0 Å². The Hall–Kier alpha value is -0.900. The van der Waals surface area contributed by atoms with Crippen molar-refractivity contribution in [2.75, 3.05) is 6.67 Å². The van der Waals surface area contributed by atoms with Crippen molar-refractivity contribution in [1.29, 1.82) is 0 Å². The van der Waals surface area contributed by atoms with Gasteiger partial charge in [0.25, 0.3) is 0 Å². The Balaban J connectivity index is 2.89. The number of allylic oxidation sites excluding steroid dienone is 4. The third-order valence-electron chi connectivity index (χ3n) is 1.42. The highest BCUT2D eigenvalue weighted by Gasteiger charge is 2.02. The molecule has 0 atom stereocenters. The fourth-order valence-electron chi connectivity index (χ4n) is 0.790. The van der Waals surface area contributed by atoms with E-state index < -0.39 is 17.0 Å². The standard InChI is InChI=1S/C7H7FO2S/c8-5-6-1-3-7(4-2-6)11(9)10/h1-3H,4-5H2. The molecule has 11 heavy (non-hydrogen) atoms. The maximum Gasteiger partial charge on any atom is 0.217 e. The Labute approximate surface area is 65.6 Å². The van der Waals surface area contributed by atoms with E-state index in [0.29, 0.717) is 16.9 Å². The van der Waals surface area contributed by atoms with Crippen LogP contribution in [-0.2, 0) is 10.3 Å². The van der Waals surface area contributed by atoms with Gasteiger partial charge in [0.15, 0.2) is 0 Å². The Morgan fingerprint density at radius 3 is 2.55 bits per heavy atom. The molecule has 0 saturated heterocycles. The smallest absolute Gasteiger partial charge is 0.217 e. The number of alkyl halides is 1. The highest BCUT2D eigenvalue weighted by atomic mass is 32.2. The lowest BCUT2D eigenvalue weighted by Gasteiger charge is -2.00. The van der Waals surface area contributed by atoms with Crippen LogP contribution < -0.4 is 0 Å². The minimum absolute atomic E-state index is 0.308. The highest BCUT2D eigenvalue weighted by Crippen LogP contribution is 2.07. The van der Waals surface area contributed by atoms with E-state index in [4.69, 9.17) is 0 Å². The molecule has 0 aromatic rings. The lowest BCUT2D eigenvalue weighted by atomic mass is 10.1. The molecule has 0 saturated carbocycles. The van der Waals surface area contributed by atoms with E-state index in [2.05, 4.69) is 0 Å². The van der Waals surface area contributed by atoms with Crippen LogP contribution in [0, 0.1) is 0 Å². The predicted octanol–water partition coefficient (Wildman–Crippen LogP) is 0.894. The molecule has 0 aromatic carbocycles. The Bertz CT molecular complexity index is 327. The van der Waals surface area contributed by atoms with E-state index in [-0.39, 0.29) is 0 Å². The number of rotatable bonds is 1. The highest BCUT2D eigenvalue weighted by molar-refractivity contribution is 7.73. The molecule has 2 nitrogen and oxygen atoms in total. The van der Waals surface area contributed by atoms with Crippen molar-refractivity contribution >= 4 is 15.2 Å². The fourth-order valence-corrected chi connectivity index (χ4v) is 1.19. The predicted molar refractivity (Wildman–Crippen MR) is 41.7 cm³/mol. The molecule has 0 spiro atoms. The van der Waals surface area contributed by atoms with Crippen molar-refractivity contribution in [3.8, 4) is 0 Å². The largest absolute Gasteiger partial charge is 0.246 e. The average molecular weight is 174 g/mol. The zero-order valence-electron chi connectivity index (χ0n) is 5.75. The second-order valence-electron chi connectivity index (χ2n) is 2.15. The zero-order chi connectivity index (χ0) is 8.27. The summed E-state index contributed by atoms with van der Waals surface area (Å²) in [4.78, 5) is 0.308. The van der Waals surface area contributed by atoms with E-state index in [0.717, 1.165) is 0 Å². The van der Waals surface area contributed by atoms with Crippen molar-refractivity contribution in [2.45, 2.75) is 6.42 Å². The molecule has 1 aliphatic carbocycles. The molecular weight excluding hydrogens is 167 g/mol. The van der Waals surface area contributed by atoms with Crippen LogP contribution in [0.2, 0.25) is 0 Å². The van der Waals surface area contributed by atoms with E-state index in [9.17, 15) is 12.8 Å². The summed E-state index contributed by atoms with van der Waals surface area (Å²) in [6.45, 7) is -0.532. The first-order valence-electron chi connectivity index (χ1n) is 3.12. The van der Waals surface area contributed by atoms with Crippen molar-refractivity contribution < 1.29 is 12.8 Å². The summed E-state index contributed by atoms with van der Waals surface area (Å²) in [7, 11) is -2.16. The van der Waals surface area contributed by atoms with Crippen LogP contribution in [0.4, 0.5) is 4.39 Å². The lowest BCUT2D eigenvalue weighted by Crippen LogP contribution is -1.99. The van der Waals surface area contributed by atoms with E-state index >= 15 is 0 Å². The summed E-state index contributed by atoms with van der Waals surface area (Å²) in [6, 6.07) is 0. The zero-order valence-corrected chi connectivity index (χ0v) is 6.57. The van der Waals surface area contributed by atoms with E-state index in [1.165, 1.54) is 12.2 Å². The third-order valence-corrected chi connectivity index (χ3v) is 2.15.